The average Bonchev–Trinajstić information content (AvgIpc) is 2.67. The van der Waals surface area contributed by atoms with Gasteiger partial charge in [-0.05, 0) is 43.4 Å². The Hall–Kier alpha value is -2.43. The summed E-state index contributed by atoms with van der Waals surface area (Å²) in [7, 11) is 0. The zero-order chi connectivity index (χ0) is 17.6. The number of fused-ring (bicyclic) bond motifs is 1. The predicted octanol–water partition coefficient (Wildman–Crippen LogP) is 3.70. The number of carbonyl (C=O) groups excluding carboxylic acids is 1. The molecule has 1 aromatic heterocycles. The zero-order valence-electron chi connectivity index (χ0n) is 15.1. The molecule has 0 unspecified atom stereocenters. The largest absolute Gasteiger partial charge is 0.341 e. The first kappa shape index (κ1) is 17.4. The van der Waals surface area contributed by atoms with E-state index in [0.29, 0.717) is 11.6 Å². The van der Waals surface area contributed by atoms with Gasteiger partial charge < -0.3 is 9.80 Å². The van der Waals surface area contributed by atoms with Crippen LogP contribution in [-0.2, 0) is 6.42 Å². The highest BCUT2D eigenvalue weighted by atomic mass is 16.2. The van der Waals surface area contributed by atoms with Crippen molar-refractivity contribution in [2.75, 3.05) is 29.4 Å². The van der Waals surface area contributed by atoms with Gasteiger partial charge in [0, 0.05) is 31.5 Å². The highest BCUT2D eigenvalue weighted by Crippen LogP contribution is 2.28. The Labute approximate surface area is 149 Å². The van der Waals surface area contributed by atoms with Gasteiger partial charge in [-0.3, -0.25) is 4.79 Å². The van der Waals surface area contributed by atoms with E-state index in [0.717, 1.165) is 51.0 Å². The van der Waals surface area contributed by atoms with Crippen LogP contribution in [0.25, 0.3) is 0 Å². The molecule has 2 aromatic rings. The third-order valence-corrected chi connectivity index (χ3v) is 4.49. The molecule has 1 aliphatic heterocycles. The van der Waals surface area contributed by atoms with Gasteiger partial charge in [-0.1, -0.05) is 32.0 Å². The Morgan fingerprint density at radius 1 is 1.16 bits per heavy atom. The third kappa shape index (κ3) is 3.81. The molecule has 0 atom stereocenters. The summed E-state index contributed by atoms with van der Waals surface area (Å²) in [4.78, 5) is 26.1. The molecule has 0 aliphatic carbocycles. The van der Waals surface area contributed by atoms with Crippen LogP contribution in [0.2, 0.25) is 0 Å². The van der Waals surface area contributed by atoms with Gasteiger partial charge in [0.1, 0.15) is 5.69 Å². The molecule has 2 heterocycles. The summed E-state index contributed by atoms with van der Waals surface area (Å²) < 4.78 is 0. The van der Waals surface area contributed by atoms with E-state index in [-0.39, 0.29) is 5.91 Å². The van der Waals surface area contributed by atoms with Crippen molar-refractivity contribution in [2.45, 2.75) is 39.5 Å². The van der Waals surface area contributed by atoms with Crippen molar-refractivity contribution >= 4 is 17.5 Å². The van der Waals surface area contributed by atoms with Crippen LogP contribution in [0.4, 0.5) is 11.6 Å². The molecule has 0 spiro atoms. The number of hydrogen-bond acceptors (Lipinski definition) is 4. The van der Waals surface area contributed by atoms with Crippen molar-refractivity contribution < 1.29 is 4.79 Å². The lowest BCUT2D eigenvalue weighted by atomic mass is 10.0. The summed E-state index contributed by atoms with van der Waals surface area (Å²) in [5.41, 5.74) is 2.71. The van der Waals surface area contributed by atoms with Gasteiger partial charge in [-0.25, -0.2) is 9.97 Å². The summed E-state index contributed by atoms with van der Waals surface area (Å²) in [6, 6.07) is 9.86. The summed E-state index contributed by atoms with van der Waals surface area (Å²) in [6.45, 7) is 6.82. The fourth-order valence-electron chi connectivity index (χ4n) is 3.35. The average molecular weight is 338 g/mol. The van der Waals surface area contributed by atoms with E-state index < -0.39 is 0 Å². The maximum absolute atomic E-state index is 13.1. The minimum atomic E-state index is -0.0382. The molecular weight excluding hydrogens is 312 g/mol. The second-order valence-electron chi connectivity index (χ2n) is 6.42. The molecule has 3 rings (SSSR count). The molecule has 5 heteroatoms. The van der Waals surface area contributed by atoms with Crippen LogP contribution in [0.3, 0.4) is 0 Å². The molecule has 1 amide bonds. The van der Waals surface area contributed by atoms with Gasteiger partial charge in [-0.2, -0.15) is 0 Å². The number of aromatic nitrogens is 2. The first-order valence-corrected chi connectivity index (χ1v) is 9.22. The predicted molar refractivity (Wildman–Crippen MR) is 101 cm³/mol. The number of benzene rings is 1. The van der Waals surface area contributed by atoms with Crippen LogP contribution >= 0.6 is 0 Å². The van der Waals surface area contributed by atoms with Crippen LogP contribution in [-0.4, -0.2) is 35.5 Å². The van der Waals surface area contributed by atoms with Gasteiger partial charge >= 0.3 is 0 Å². The smallest absolute Gasteiger partial charge is 0.277 e. The molecule has 0 saturated heterocycles. The van der Waals surface area contributed by atoms with E-state index in [4.69, 9.17) is 0 Å². The molecule has 0 N–H and O–H groups in total. The van der Waals surface area contributed by atoms with E-state index in [1.54, 1.807) is 12.3 Å². The Morgan fingerprint density at radius 2 is 1.92 bits per heavy atom. The van der Waals surface area contributed by atoms with Crippen molar-refractivity contribution in [1.29, 1.82) is 0 Å². The van der Waals surface area contributed by atoms with E-state index in [1.165, 1.54) is 5.56 Å². The van der Waals surface area contributed by atoms with Crippen LogP contribution in [0, 0.1) is 0 Å². The van der Waals surface area contributed by atoms with Crippen molar-refractivity contribution in [3.05, 3.63) is 47.8 Å². The monoisotopic (exact) mass is 338 g/mol. The lowest BCUT2D eigenvalue weighted by Gasteiger charge is -2.29. The van der Waals surface area contributed by atoms with Crippen LogP contribution in [0.1, 0.15) is 49.2 Å². The minimum Gasteiger partial charge on any atom is -0.341 e. The standard InChI is InChI=1S/C20H26N4O/c1-3-13-23(14-4-2)20-21-12-11-17(22-20)19(25)24-15-7-9-16-8-5-6-10-18(16)24/h5-6,8,10-12H,3-4,7,9,13-15H2,1-2H3. The van der Waals surface area contributed by atoms with Crippen molar-refractivity contribution in [1.82, 2.24) is 9.97 Å². The SMILES string of the molecule is CCCN(CCC)c1nccc(C(=O)N2CCCc3ccccc32)n1. The Balaban J connectivity index is 1.87. The fourth-order valence-corrected chi connectivity index (χ4v) is 3.35. The minimum absolute atomic E-state index is 0.0382. The Kier molecular flexibility index (Phi) is 5.64. The number of nitrogens with zero attached hydrogens (tertiary/aromatic N) is 4. The number of amides is 1. The van der Waals surface area contributed by atoms with Gasteiger partial charge in [0.15, 0.2) is 0 Å². The number of hydrogen-bond donors (Lipinski definition) is 0. The number of rotatable bonds is 6. The Morgan fingerprint density at radius 3 is 2.68 bits per heavy atom. The molecule has 25 heavy (non-hydrogen) atoms. The van der Waals surface area contributed by atoms with Crippen molar-refractivity contribution in [2.24, 2.45) is 0 Å². The molecule has 5 nitrogen and oxygen atoms in total. The molecule has 0 bridgehead atoms. The summed E-state index contributed by atoms with van der Waals surface area (Å²) in [5.74, 6) is 0.614. The third-order valence-electron chi connectivity index (χ3n) is 4.49. The molecule has 0 fully saturated rings. The van der Waals surface area contributed by atoms with E-state index in [1.807, 2.05) is 23.1 Å². The van der Waals surface area contributed by atoms with E-state index in [2.05, 4.69) is 34.8 Å². The number of para-hydroxylation sites is 1. The first-order valence-electron chi connectivity index (χ1n) is 9.22. The maximum atomic E-state index is 13.1. The molecule has 0 saturated carbocycles. The fraction of sp³-hybridized carbons (Fsp3) is 0.450. The summed E-state index contributed by atoms with van der Waals surface area (Å²) in [5, 5.41) is 0. The first-order chi connectivity index (χ1) is 12.2. The highest BCUT2D eigenvalue weighted by molar-refractivity contribution is 6.05. The van der Waals surface area contributed by atoms with Crippen LogP contribution < -0.4 is 9.80 Å². The molecule has 1 aliphatic rings. The van der Waals surface area contributed by atoms with E-state index >= 15 is 0 Å². The number of carbonyl (C=O) groups is 1. The normalized spacial score (nSPS) is 13.4. The highest BCUT2D eigenvalue weighted by Gasteiger charge is 2.24. The topological polar surface area (TPSA) is 49.3 Å². The van der Waals surface area contributed by atoms with E-state index in [9.17, 15) is 4.79 Å². The maximum Gasteiger partial charge on any atom is 0.277 e. The second kappa shape index (κ2) is 8.10. The second-order valence-corrected chi connectivity index (χ2v) is 6.42. The Bertz CT molecular complexity index is 725. The van der Waals surface area contributed by atoms with Crippen molar-refractivity contribution in [3.63, 3.8) is 0 Å². The summed E-state index contributed by atoms with van der Waals surface area (Å²) >= 11 is 0. The molecule has 1 aromatic carbocycles. The summed E-state index contributed by atoms with van der Waals surface area (Å²) in [6.07, 6.45) is 5.76. The van der Waals surface area contributed by atoms with Gasteiger partial charge in [0.2, 0.25) is 5.95 Å². The quantitative estimate of drug-likeness (QED) is 0.806. The molecule has 132 valence electrons. The lowest BCUT2D eigenvalue weighted by molar-refractivity contribution is 0.0980. The van der Waals surface area contributed by atoms with Crippen LogP contribution in [0.15, 0.2) is 36.5 Å². The number of aryl methyl sites for hydroxylation is 1. The number of anilines is 2. The zero-order valence-corrected chi connectivity index (χ0v) is 15.1. The van der Waals surface area contributed by atoms with Crippen molar-refractivity contribution in [3.8, 4) is 0 Å². The molecular formula is C20H26N4O. The van der Waals surface area contributed by atoms with Gasteiger partial charge in [0.05, 0.1) is 0 Å². The molecule has 0 radical (unpaired) electrons. The van der Waals surface area contributed by atoms with Crippen LogP contribution in [0.5, 0.6) is 0 Å². The van der Waals surface area contributed by atoms with Gasteiger partial charge in [-0.15, -0.1) is 0 Å². The lowest BCUT2D eigenvalue weighted by Crippen LogP contribution is -2.36. The van der Waals surface area contributed by atoms with Gasteiger partial charge in [0.25, 0.3) is 5.91 Å².